The predicted molar refractivity (Wildman–Crippen MR) is 118 cm³/mol. The molecule has 0 spiro atoms. The minimum absolute atomic E-state index is 0.00232. The van der Waals surface area contributed by atoms with E-state index >= 15 is 0 Å². The van der Waals surface area contributed by atoms with Gasteiger partial charge in [-0.1, -0.05) is 42.6 Å². The maximum Gasteiger partial charge on any atom is 0.351 e. The normalized spacial score (nSPS) is 40.8. The third-order valence-electron chi connectivity index (χ3n) is 8.83. The van der Waals surface area contributed by atoms with Gasteiger partial charge in [0.2, 0.25) is 10.4 Å². The van der Waals surface area contributed by atoms with E-state index < -0.39 is 27.8 Å². The zero-order chi connectivity index (χ0) is 23.5. The van der Waals surface area contributed by atoms with Crippen molar-refractivity contribution < 1.29 is 28.7 Å². The molecular formula is C24H30Cl2O6. The van der Waals surface area contributed by atoms with Crippen molar-refractivity contribution in [3.8, 4) is 0 Å². The Morgan fingerprint density at radius 2 is 1.88 bits per heavy atom. The quantitative estimate of drug-likeness (QED) is 0.435. The van der Waals surface area contributed by atoms with Crippen LogP contribution < -0.4 is 0 Å². The maximum absolute atomic E-state index is 13.7. The van der Waals surface area contributed by atoms with Gasteiger partial charge in [-0.15, -0.1) is 0 Å². The summed E-state index contributed by atoms with van der Waals surface area (Å²) in [5, 5.41) is 0. The van der Waals surface area contributed by atoms with Crippen LogP contribution in [0.2, 0.25) is 0 Å². The summed E-state index contributed by atoms with van der Waals surface area (Å²) >= 11 is 11.5. The number of alkyl halides is 2. The van der Waals surface area contributed by atoms with E-state index in [9.17, 15) is 19.2 Å². The molecule has 8 heteroatoms. The van der Waals surface area contributed by atoms with Gasteiger partial charge in [0.1, 0.15) is 5.78 Å². The molecular weight excluding hydrogens is 455 g/mol. The van der Waals surface area contributed by atoms with Gasteiger partial charge in [0.15, 0.2) is 5.78 Å². The van der Waals surface area contributed by atoms with E-state index in [1.54, 1.807) is 13.0 Å². The summed E-state index contributed by atoms with van der Waals surface area (Å²) in [6, 6.07) is 0. The molecule has 0 aromatic carbocycles. The zero-order valence-corrected chi connectivity index (χ0v) is 20.3. The molecule has 0 amide bonds. The number of carbonyl (C=O) groups is 4. The molecule has 4 rings (SSSR count). The van der Waals surface area contributed by atoms with E-state index in [0.717, 1.165) is 18.4 Å². The Morgan fingerprint density at radius 3 is 2.53 bits per heavy atom. The number of allylic oxidation sites excluding steroid dienone is 1. The number of fused-ring (bicyclic) bond motifs is 5. The number of carbonyl (C=O) groups excluding carboxylic acids is 4. The van der Waals surface area contributed by atoms with Crippen LogP contribution in [-0.4, -0.2) is 40.5 Å². The van der Waals surface area contributed by atoms with Gasteiger partial charge in [0, 0.05) is 24.2 Å². The van der Waals surface area contributed by atoms with Gasteiger partial charge >= 0.3 is 11.9 Å². The number of ether oxygens (including phenoxy) is 2. The highest BCUT2D eigenvalue weighted by Gasteiger charge is 2.71. The lowest BCUT2D eigenvalue weighted by Crippen LogP contribution is -2.62. The highest BCUT2D eigenvalue weighted by molar-refractivity contribution is 6.53. The molecule has 3 fully saturated rings. The molecule has 0 saturated heterocycles. The van der Waals surface area contributed by atoms with Crippen LogP contribution >= 0.6 is 23.2 Å². The number of esters is 2. The third kappa shape index (κ3) is 3.27. The van der Waals surface area contributed by atoms with Gasteiger partial charge in [-0.25, -0.2) is 9.59 Å². The Balaban J connectivity index is 1.75. The largest absolute Gasteiger partial charge is 0.463 e. The van der Waals surface area contributed by atoms with Gasteiger partial charge in [-0.05, 0) is 62.4 Å². The van der Waals surface area contributed by atoms with Crippen molar-refractivity contribution in [2.75, 3.05) is 6.61 Å². The van der Waals surface area contributed by atoms with Crippen molar-refractivity contribution in [2.45, 2.75) is 76.2 Å². The average molecular weight is 485 g/mol. The molecule has 0 radical (unpaired) electrons. The highest BCUT2D eigenvalue weighted by Crippen LogP contribution is 2.67. The van der Waals surface area contributed by atoms with Gasteiger partial charge in [-0.3, -0.25) is 9.59 Å². The molecule has 0 N–H and O–H groups in total. The molecule has 0 aromatic rings. The predicted octanol–water partition coefficient (Wildman–Crippen LogP) is 4.35. The zero-order valence-electron chi connectivity index (χ0n) is 18.7. The second-order valence-electron chi connectivity index (χ2n) is 10.2. The lowest BCUT2D eigenvalue weighted by Gasteiger charge is -2.57. The van der Waals surface area contributed by atoms with E-state index in [2.05, 4.69) is 6.92 Å². The molecule has 6 atom stereocenters. The van der Waals surface area contributed by atoms with Crippen LogP contribution in [0.1, 0.15) is 65.7 Å². The maximum atomic E-state index is 13.7. The fourth-order valence-corrected chi connectivity index (χ4v) is 7.47. The molecule has 32 heavy (non-hydrogen) atoms. The molecule has 0 heterocycles. The number of Topliss-reactive ketones (excluding diaryl/α,β-unsaturated/α-hetero) is 1. The first kappa shape index (κ1) is 23.7. The van der Waals surface area contributed by atoms with Crippen LogP contribution in [0.4, 0.5) is 0 Å². The summed E-state index contributed by atoms with van der Waals surface area (Å²) in [7, 11) is 0. The minimum atomic E-state index is -1.59. The highest BCUT2D eigenvalue weighted by atomic mass is 35.5. The standard InChI is InChI=1S/C24H30Cl2O6/c1-4-31-21(30)24(32-20(29)19(25)26)10-8-16-15-6-5-13-11-14(27)7-9-22(13,2)18(15)17(28)12-23(16,24)3/h11,15-16,18-19H,4-10,12H2,1-3H3/t15-,16-,18+,22-,23-,24-/m0/s1. The molecule has 4 aliphatic rings. The number of hydrogen-bond donors (Lipinski definition) is 0. The fraction of sp³-hybridized carbons (Fsp3) is 0.750. The molecule has 0 aliphatic heterocycles. The topological polar surface area (TPSA) is 86.7 Å². The fourth-order valence-electron chi connectivity index (χ4n) is 7.38. The van der Waals surface area contributed by atoms with Crippen LogP contribution in [-0.2, 0) is 28.7 Å². The minimum Gasteiger partial charge on any atom is -0.463 e. The van der Waals surface area contributed by atoms with E-state index in [1.165, 1.54) is 0 Å². The first-order valence-corrected chi connectivity index (χ1v) is 12.3. The van der Waals surface area contributed by atoms with Crippen LogP contribution in [0.3, 0.4) is 0 Å². The number of hydrogen-bond acceptors (Lipinski definition) is 6. The third-order valence-corrected chi connectivity index (χ3v) is 9.19. The smallest absolute Gasteiger partial charge is 0.351 e. The van der Waals surface area contributed by atoms with Crippen molar-refractivity contribution in [3.05, 3.63) is 11.6 Å². The van der Waals surface area contributed by atoms with Crippen molar-refractivity contribution in [1.82, 2.24) is 0 Å². The number of rotatable bonds is 4. The monoisotopic (exact) mass is 484 g/mol. The van der Waals surface area contributed by atoms with Crippen LogP contribution in [0.25, 0.3) is 0 Å². The molecule has 0 unspecified atom stereocenters. The Kier molecular flexibility index (Phi) is 6.03. The van der Waals surface area contributed by atoms with Gasteiger partial charge < -0.3 is 9.47 Å². The van der Waals surface area contributed by atoms with Gasteiger partial charge in [0.05, 0.1) is 6.61 Å². The summed E-state index contributed by atoms with van der Waals surface area (Å²) in [6.45, 7) is 5.81. The summed E-state index contributed by atoms with van der Waals surface area (Å²) < 4.78 is 11.1. The van der Waals surface area contributed by atoms with Crippen LogP contribution in [0.15, 0.2) is 11.6 Å². The van der Waals surface area contributed by atoms with E-state index in [-0.39, 0.29) is 54.2 Å². The molecule has 0 bridgehead atoms. The Hall–Kier alpha value is -1.40. The first-order valence-electron chi connectivity index (χ1n) is 11.4. The molecule has 6 nitrogen and oxygen atoms in total. The summed E-state index contributed by atoms with van der Waals surface area (Å²) in [6.07, 6.45) is 5.43. The SMILES string of the molecule is CCOC(=O)[C@@]1(OC(=O)C(Cl)Cl)CC[C@H]2[C@@H]3CCC4=CC(=O)CC[C@]4(C)[C@H]3C(=O)C[C@@]21C. The Labute approximate surface area is 198 Å². The van der Waals surface area contributed by atoms with E-state index in [4.69, 9.17) is 32.7 Å². The Bertz CT molecular complexity index is 897. The Morgan fingerprint density at radius 1 is 1.16 bits per heavy atom. The second kappa shape index (κ2) is 8.12. The van der Waals surface area contributed by atoms with Crippen molar-refractivity contribution in [1.29, 1.82) is 0 Å². The van der Waals surface area contributed by atoms with E-state index in [0.29, 0.717) is 19.3 Å². The van der Waals surface area contributed by atoms with Gasteiger partial charge in [0.25, 0.3) is 0 Å². The molecule has 4 aliphatic carbocycles. The first-order chi connectivity index (χ1) is 15.0. The lowest BCUT2D eigenvalue weighted by molar-refractivity contribution is -0.204. The average Bonchev–Trinajstić information content (AvgIpc) is 3.01. The molecule has 3 saturated carbocycles. The molecule has 176 valence electrons. The number of halogens is 2. The summed E-state index contributed by atoms with van der Waals surface area (Å²) in [5.41, 5.74) is -1.75. The van der Waals surface area contributed by atoms with Crippen molar-refractivity contribution in [3.63, 3.8) is 0 Å². The van der Waals surface area contributed by atoms with Gasteiger partial charge in [-0.2, -0.15) is 0 Å². The molecule has 0 aromatic heterocycles. The van der Waals surface area contributed by atoms with Crippen LogP contribution in [0, 0.1) is 28.6 Å². The van der Waals surface area contributed by atoms with Crippen molar-refractivity contribution >= 4 is 46.7 Å². The van der Waals surface area contributed by atoms with Crippen LogP contribution in [0.5, 0.6) is 0 Å². The van der Waals surface area contributed by atoms with Crippen molar-refractivity contribution in [2.24, 2.45) is 28.6 Å². The van der Waals surface area contributed by atoms with E-state index in [1.807, 2.05) is 6.92 Å². The number of ketones is 2. The summed E-state index contributed by atoms with van der Waals surface area (Å²) in [4.78, 5) is 50.0. The summed E-state index contributed by atoms with van der Waals surface area (Å²) in [5.74, 6) is -1.48. The second-order valence-corrected chi connectivity index (χ2v) is 11.3. The lowest BCUT2D eigenvalue weighted by atomic mass is 9.46.